The SMILES string of the molecule is C=CCNc1cc(Nc2ccc(CN)cc2)ncn1. The van der Waals surface area contributed by atoms with Gasteiger partial charge in [-0.25, -0.2) is 9.97 Å². The van der Waals surface area contributed by atoms with Crippen LogP contribution in [0.15, 0.2) is 49.3 Å². The number of hydrogen-bond acceptors (Lipinski definition) is 5. The summed E-state index contributed by atoms with van der Waals surface area (Å²) in [6.45, 7) is 4.86. The maximum absolute atomic E-state index is 5.56. The van der Waals surface area contributed by atoms with Crippen LogP contribution in [0.1, 0.15) is 5.56 Å². The lowest BCUT2D eigenvalue weighted by Gasteiger charge is -2.08. The Morgan fingerprint density at radius 2 is 1.89 bits per heavy atom. The summed E-state index contributed by atoms with van der Waals surface area (Å²) in [5.41, 5.74) is 7.62. The van der Waals surface area contributed by atoms with Crippen LogP contribution in [-0.2, 0) is 6.54 Å². The minimum absolute atomic E-state index is 0.545. The van der Waals surface area contributed by atoms with E-state index in [1.807, 2.05) is 30.3 Å². The molecule has 98 valence electrons. The summed E-state index contributed by atoms with van der Waals surface area (Å²) < 4.78 is 0. The highest BCUT2D eigenvalue weighted by atomic mass is 15.1. The summed E-state index contributed by atoms with van der Waals surface area (Å²) in [6.07, 6.45) is 3.29. The van der Waals surface area contributed by atoms with E-state index in [1.165, 1.54) is 6.33 Å². The molecule has 0 aliphatic carbocycles. The fraction of sp³-hybridized carbons (Fsp3) is 0.143. The van der Waals surface area contributed by atoms with E-state index in [0.29, 0.717) is 13.1 Å². The monoisotopic (exact) mass is 255 g/mol. The molecule has 0 amide bonds. The molecule has 0 aliphatic rings. The minimum atomic E-state index is 0.545. The van der Waals surface area contributed by atoms with Crippen LogP contribution in [0, 0.1) is 0 Å². The van der Waals surface area contributed by atoms with Crippen molar-refractivity contribution >= 4 is 17.3 Å². The second-order valence-corrected chi connectivity index (χ2v) is 3.98. The molecule has 0 saturated carbocycles. The van der Waals surface area contributed by atoms with Gasteiger partial charge in [-0.1, -0.05) is 18.2 Å². The van der Waals surface area contributed by atoms with E-state index < -0.39 is 0 Å². The first kappa shape index (κ1) is 13.0. The van der Waals surface area contributed by atoms with E-state index in [9.17, 15) is 0 Å². The molecule has 0 spiro atoms. The molecule has 1 heterocycles. The molecule has 2 rings (SSSR count). The third-order valence-electron chi connectivity index (χ3n) is 2.56. The van der Waals surface area contributed by atoms with Crippen molar-refractivity contribution in [1.29, 1.82) is 0 Å². The molecule has 0 aliphatic heterocycles. The van der Waals surface area contributed by atoms with Crippen molar-refractivity contribution in [3.05, 3.63) is 54.9 Å². The Hall–Kier alpha value is -2.40. The highest BCUT2D eigenvalue weighted by Gasteiger charge is 1.99. The normalized spacial score (nSPS) is 9.95. The Balaban J connectivity index is 2.06. The fourth-order valence-electron chi connectivity index (χ4n) is 1.57. The van der Waals surface area contributed by atoms with Crippen LogP contribution in [0.5, 0.6) is 0 Å². The molecule has 19 heavy (non-hydrogen) atoms. The van der Waals surface area contributed by atoms with Gasteiger partial charge < -0.3 is 16.4 Å². The number of benzene rings is 1. The van der Waals surface area contributed by atoms with E-state index in [0.717, 1.165) is 22.9 Å². The molecule has 0 radical (unpaired) electrons. The van der Waals surface area contributed by atoms with Crippen molar-refractivity contribution in [3.8, 4) is 0 Å². The minimum Gasteiger partial charge on any atom is -0.366 e. The third-order valence-corrected chi connectivity index (χ3v) is 2.56. The van der Waals surface area contributed by atoms with Crippen LogP contribution >= 0.6 is 0 Å². The summed E-state index contributed by atoms with van der Waals surface area (Å²) in [4.78, 5) is 8.29. The van der Waals surface area contributed by atoms with Gasteiger partial charge in [0.15, 0.2) is 0 Å². The second kappa shape index (κ2) is 6.51. The number of nitrogens with one attached hydrogen (secondary N) is 2. The predicted molar refractivity (Wildman–Crippen MR) is 78.3 cm³/mol. The highest BCUT2D eigenvalue weighted by Crippen LogP contribution is 2.16. The van der Waals surface area contributed by atoms with Crippen LogP contribution in [0.2, 0.25) is 0 Å². The molecule has 2 aromatic rings. The molecule has 1 aromatic heterocycles. The Morgan fingerprint density at radius 1 is 1.16 bits per heavy atom. The summed E-state index contributed by atoms with van der Waals surface area (Å²) in [7, 11) is 0. The molecule has 5 heteroatoms. The van der Waals surface area contributed by atoms with Crippen LogP contribution in [0.3, 0.4) is 0 Å². The van der Waals surface area contributed by atoms with Gasteiger partial charge in [-0.15, -0.1) is 6.58 Å². The maximum Gasteiger partial charge on any atom is 0.135 e. The zero-order valence-corrected chi connectivity index (χ0v) is 10.6. The standard InChI is InChI=1S/C14H17N5/c1-2-7-16-13-8-14(18-10-17-13)19-12-5-3-11(9-15)4-6-12/h2-6,8,10H,1,7,9,15H2,(H2,16,17,18,19). The molecule has 0 bridgehead atoms. The summed E-state index contributed by atoms with van der Waals surface area (Å²) in [5, 5.41) is 6.33. The molecular formula is C14H17N5. The van der Waals surface area contributed by atoms with Gasteiger partial charge in [0.1, 0.15) is 18.0 Å². The third kappa shape index (κ3) is 3.79. The first-order valence-electron chi connectivity index (χ1n) is 6.04. The molecule has 4 N–H and O–H groups in total. The first-order valence-corrected chi connectivity index (χ1v) is 6.04. The van der Waals surface area contributed by atoms with E-state index in [4.69, 9.17) is 5.73 Å². The molecule has 0 atom stereocenters. The van der Waals surface area contributed by atoms with E-state index in [-0.39, 0.29) is 0 Å². The smallest absolute Gasteiger partial charge is 0.135 e. The molecule has 0 unspecified atom stereocenters. The highest BCUT2D eigenvalue weighted by molar-refractivity contribution is 5.59. The molecule has 1 aromatic carbocycles. The van der Waals surface area contributed by atoms with Crippen LogP contribution in [0.4, 0.5) is 17.3 Å². The van der Waals surface area contributed by atoms with Gasteiger partial charge in [0, 0.05) is 24.8 Å². The lowest BCUT2D eigenvalue weighted by atomic mass is 10.2. The van der Waals surface area contributed by atoms with Crippen LogP contribution < -0.4 is 16.4 Å². The van der Waals surface area contributed by atoms with E-state index in [2.05, 4.69) is 27.2 Å². The van der Waals surface area contributed by atoms with E-state index >= 15 is 0 Å². The zero-order chi connectivity index (χ0) is 13.5. The molecule has 0 saturated heterocycles. The summed E-state index contributed by atoms with van der Waals surface area (Å²) in [5.74, 6) is 1.50. The van der Waals surface area contributed by atoms with Crippen molar-refractivity contribution in [2.45, 2.75) is 6.54 Å². The lowest BCUT2D eigenvalue weighted by molar-refractivity contribution is 1.07. The topological polar surface area (TPSA) is 75.9 Å². The Bertz CT molecular complexity index is 536. The van der Waals surface area contributed by atoms with Gasteiger partial charge in [0.2, 0.25) is 0 Å². The van der Waals surface area contributed by atoms with Crippen LogP contribution in [-0.4, -0.2) is 16.5 Å². The largest absolute Gasteiger partial charge is 0.366 e. The molecule has 5 nitrogen and oxygen atoms in total. The second-order valence-electron chi connectivity index (χ2n) is 3.98. The predicted octanol–water partition coefficient (Wildman–Crippen LogP) is 2.28. The maximum atomic E-state index is 5.56. The van der Waals surface area contributed by atoms with Crippen LogP contribution in [0.25, 0.3) is 0 Å². The fourth-order valence-corrected chi connectivity index (χ4v) is 1.57. The van der Waals surface area contributed by atoms with Gasteiger partial charge in [-0.05, 0) is 17.7 Å². The first-order chi connectivity index (χ1) is 9.31. The van der Waals surface area contributed by atoms with E-state index in [1.54, 1.807) is 6.08 Å². The Labute approximate surface area is 112 Å². The number of nitrogens with zero attached hydrogens (tertiary/aromatic N) is 2. The van der Waals surface area contributed by atoms with Crippen molar-refractivity contribution in [3.63, 3.8) is 0 Å². The van der Waals surface area contributed by atoms with Crippen molar-refractivity contribution in [2.24, 2.45) is 5.73 Å². The number of anilines is 3. The number of hydrogen-bond donors (Lipinski definition) is 3. The zero-order valence-electron chi connectivity index (χ0n) is 10.6. The van der Waals surface area contributed by atoms with Crippen molar-refractivity contribution < 1.29 is 0 Å². The van der Waals surface area contributed by atoms with Crippen molar-refractivity contribution in [1.82, 2.24) is 9.97 Å². The van der Waals surface area contributed by atoms with Gasteiger partial charge in [-0.3, -0.25) is 0 Å². The van der Waals surface area contributed by atoms with Crippen molar-refractivity contribution in [2.75, 3.05) is 17.2 Å². The average Bonchev–Trinajstić information content (AvgIpc) is 2.46. The van der Waals surface area contributed by atoms with Gasteiger partial charge in [-0.2, -0.15) is 0 Å². The molecule has 0 fully saturated rings. The molecular weight excluding hydrogens is 238 g/mol. The lowest BCUT2D eigenvalue weighted by Crippen LogP contribution is -2.02. The summed E-state index contributed by atoms with van der Waals surface area (Å²) >= 11 is 0. The average molecular weight is 255 g/mol. The summed E-state index contributed by atoms with van der Waals surface area (Å²) in [6, 6.07) is 9.77. The van der Waals surface area contributed by atoms with Gasteiger partial charge in [0.05, 0.1) is 0 Å². The number of rotatable bonds is 6. The van der Waals surface area contributed by atoms with Gasteiger partial charge >= 0.3 is 0 Å². The van der Waals surface area contributed by atoms with Gasteiger partial charge in [0.25, 0.3) is 0 Å². The quantitative estimate of drug-likeness (QED) is 0.690. The Morgan fingerprint density at radius 3 is 2.58 bits per heavy atom. The number of aromatic nitrogens is 2. The Kier molecular flexibility index (Phi) is 4.47. The number of nitrogens with two attached hydrogens (primary N) is 1.